The molecule has 0 radical (unpaired) electrons. The molecule has 4 N–H and O–H groups in total. The number of carbonyl (C=O) groups excluding carboxylic acids is 3. The molecule has 0 aromatic heterocycles. The van der Waals surface area contributed by atoms with E-state index in [9.17, 15) is 14.4 Å². The Bertz CT molecular complexity index is 251. The van der Waals surface area contributed by atoms with Crippen molar-refractivity contribution in [3.63, 3.8) is 0 Å². The molecule has 1 saturated heterocycles. The number of hydrogen-bond donors (Lipinski definition) is 3. The van der Waals surface area contributed by atoms with Crippen LogP contribution in [0.1, 0.15) is 12.8 Å². The molecule has 0 aliphatic carbocycles. The third-order valence-corrected chi connectivity index (χ3v) is 1.73. The molecule has 6 heteroatoms. The van der Waals surface area contributed by atoms with E-state index >= 15 is 0 Å². The molecule has 1 fully saturated rings. The topological polar surface area (TPSA) is 101 Å². The lowest BCUT2D eigenvalue weighted by Gasteiger charge is -2.06. The van der Waals surface area contributed by atoms with Crippen LogP contribution in [0.15, 0.2) is 0 Å². The van der Waals surface area contributed by atoms with Gasteiger partial charge in [0.25, 0.3) is 0 Å². The van der Waals surface area contributed by atoms with Gasteiger partial charge in [-0.15, -0.1) is 0 Å². The van der Waals surface area contributed by atoms with Gasteiger partial charge in [0.2, 0.25) is 17.7 Å². The van der Waals surface area contributed by atoms with Crippen LogP contribution in [0.4, 0.5) is 0 Å². The summed E-state index contributed by atoms with van der Waals surface area (Å²) in [7, 11) is 0. The van der Waals surface area contributed by atoms with Crippen LogP contribution in [0.5, 0.6) is 0 Å². The van der Waals surface area contributed by atoms with Gasteiger partial charge in [0, 0.05) is 13.0 Å². The Morgan fingerprint density at radius 1 is 1.62 bits per heavy atom. The Morgan fingerprint density at radius 3 is 2.77 bits per heavy atom. The quantitative estimate of drug-likeness (QED) is 0.435. The molecule has 0 aromatic rings. The molecule has 0 bridgehead atoms. The van der Waals surface area contributed by atoms with Gasteiger partial charge in [-0.2, -0.15) is 0 Å². The van der Waals surface area contributed by atoms with E-state index in [1.807, 2.05) is 0 Å². The fourth-order valence-corrected chi connectivity index (χ4v) is 1.09. The molecule has 0 saturated carbocycles. The molecule has 13 heavy (non-hydrogen) atoms. The summed E-state index contributed by atoms with van der Waals surface area (Å²) in [5, 5.41) is 4.91. The highest BCUT2D eigenvalue weighted by molar-refractivity contribution is 6.05. The molecule has 0 aromatic carbocycles. The maximum absolute atomic E-state index is 10.9. The summed E-state index contributed by atoms with van der Waals surface area (Å²) in [6, 6.07) is -0.508. The summed E-state index contributed by atoms with van der Waals surface area (Å²) in [5.41, 5.74) is 4.89. The first-order valence-corrected chi connectivity index (χ1v) is 3.95. The predicted octanol–water partition coefficient (Wildman–Crippen LogP) is -2.13. The summed E-state index contributed by atoms with van der Waals surface area (Å²) in [6.45, 7) is 0.320. The number of nitrogens with two attached hydrogens (primary N) is 1. The molecule has 1 aliphatic rings. The van der Waals surface area contributed by atoms with E-state index in [4.69, 9.17) is 5.73 Å². The van der Waals surface area contributed by atoms with Crippen molar-refractivity contribution in [1.82, 2.24) is 10.6 Å². The molecule has 0 spiro atoms. The average molecular weight is 185 g/mol. The molecule has 1 unspecified atom stereocenters. The number of primary amides is 1. The summed E-state index contributed by atoms with van der Waals surface area (Å²) >= 11 is 0. The van der Waals surface area contributed by atoms with E-state index in [1.54, 1.807) is 0 Å². The van der Waals surface area contributed by atoms with Crippen LogP contribution in [0.3, 0.4) is 0 Å². The third-order valence-electron chi connectivity index (χ3n) is 1.73. The normalized spacial score (nSPS) is 21.7. The number of carbonyl (C=O) groups is 3. The van der Waals surface area contributed by atoms with Gasteiger partial charge < -0.3 is 11.1 Å². The third kappa shape index (κ3) is 2.83. The first-order valence-electron chi connectivity index (χ1n) is 3.95. The van der Waals surface area contributed by atoms with Gasteiger partial charge in [0.1, 0.15) is 0 Å². The van der Waals surface area contributed by atoms with Crippen molar-refractivity contribution in [3.05, 3.63) is 0 Å². The minimum Gasteiger partial charge on any atom is -0.370 e. The molecular formula is C7H11N3O3. The largest absolute Gasteiger partial charge is 0.370 e. The second-order valence-electron chi connectivity index (χ2n) is 2.84. The zero-order valence-electron chi connectivity index (χ0n) is 7.00. The number of amides is 3. The van der Waals surface area contributed by atoms with Gasteiger partial charge in [-0.1, -0.05) is 0 Å². The van der Waals surface area contributed by atoms with E-state index in [1.165, 1.54) is 0 Å². The van der Waals surface area contributed by atoms with Crippen molar-refractivity contribution < 1.29 is 14.4 Å². The fraction of sp³-hybridized carbons (Fsp3) is 0.571. The lowest BCUT2D eigenvalue weighted by Crippen LogP contribution is -2.37. The van der Waals surface area contributed by atoms with Gasteiger partial charge in [-0.25, -0.2) is 0 Å². The van der Waals surface area contributed by atoms with Gasteiger partial charge >= 0.3 is 0 Å². The molecular weight excluding hydrogens is 174 g/mol. The van der Waals surface area contributed by atoms with Crippen molar-refractivity contribution in [2.24, 2.45) is 5.73 Å². The van der Waals surface area contributed by atoms with Crippen LogP contribution in [0.25, 0.3) is 0 Å². The second-order valence-corrected chi connectivity index (χ2v) is 2.84. The minimum absolute atomic E-state index is 0.137. The molecule has 1 rings (SSSR count). The molecule has 3 amide bonds. The van der Waals surface area contributed by atoms with Crippen molar-refractivity contribution in [1.29, 1.82) is 0 Å². The zero-order valence-corrected chi connectivity index (χ0v) is 7.00. The first kappa shape index (κ1) is 9.66. The van der Waals surface area contributed by atoms with E-state index < -0.39 is 11.9 Å². The van der Waals surface area contributed by atoms with Crippen LogP contribution < -0.4 is 16.4 Å². The van der Waals surface area contributed by atoms with E-state index in [-0.39, 0.29) is 24.7 Å². The lowest BCUT2D eigenvalue weighted by molar-refractivity contribution is -0.125. The molecule has 1 heterocycles. The molecule has 1 aliphatic heterocycles. The van der Waals surface area contributed by atoms with Crippen LogP contribution in [0, 0.1) is 0 Å². The molecule has 1 atom stereocenters. The van der Waals surface area contributed by atoms with Crippen molar-refractivity contribution in [3.8, 4) is 0 Å². The standard InChI is InChI=1S/C7H11N3O3/c8-5(11)1-2-9-4-3-6(12)10-7(4)13/h4,9H,1-3H2,(H2,8,11)(H,10,12,13). The highest BCUT2D eigenvalue weighted by atomic mass is 16.2. The van der Waals surface area contributed by atoms with Gasteiger partial charge in [0.05, 0.1) is 12.5 Å². The number of nitrogens with one attached hydrogen (secondary N) is 2. The van der Waals surface area contributed by atoms with Crippen LogP contribution in [0.2, 0.25) is 0 Å². The summed E-state index contributed by atoms with van der Waals surface area (Å²) < 4.78 is 0. The summed E-state index contributed by atoms with van der Waals surface area (Å²) in [5.74, 6) is -1.06. The Labute approximate surface area is 74.8 Å². The Balaban J connectivity index is 2.26. The first-order chi connectivity index (χ1) is 6.09. The zero-order chi connectivity index (χ0) is 9.84. The van der Waals surface area contributed by atoms with E-state index in [2.05, 4.69) is 10.6 Å². The number of rotatable bonds is 4. The smallest absolute Gasteiger partial charge is 0.244 e. The van der Waals surface area contributed by atoms with Crippen LogP contribution in [-0.4, -0.2) is 30.3 Å². The number of imide groups is 1. The minimum atomic E-state index is -0.508. The van der Waals surface area contributed by atoms with Crippen molar-refractivity contribution >= 4 is 17.7 Å². The Kier molecular flexibility index (Phi) is 2.97. The van der Waals surface area contributed by atoms with Crippen LogP contribution >= 0.6 is 0 Å². The van der Waals surface area contributed by atoms with E-state index in [0.29, 0.717) is 6.54 Å². The molecule has 6 nitrogen and oxygen atoms in total. The van der Waals surface area contributed by atoms with Gasteiger partial charge in [-0.3, -0.25) is 19.7 Å². The highest BCUT2D eigenvalue weighted by Gasteiger charge is 2.29. The number of hydrogen-bond acceptors (Lipinski definition) is 4. The van der Waals surface area contributed by atoms with Gasteiger partial charge in [0.15, 0.2) is 0 Å². The van der Waals surface area contributed by atoms with Crippen molar-refractivity contribution in [2.45, 2.75) is 18.9 Å². The second kappa shape index (κ2) is 3.99. The monoisotopic (exact) mass is 185 g/mol. The maximum Gasteiger partial charge on any atom is 0.244 e. The average Bonchev–Trinajstić information content (AvgIpc) is 2.29. The SMILES string of the molecule is NC(=O)CCNC1CC(=O)NC1=O. The predicted molar refractivity (Wildman–Crippen MR) is 43.4 cm³/mol. The highest BCUT2D eigenvalue weighted by Crippen LogP contribution is 2.00. The maximum atomic E-state index is 10.9. The molecule has 72 valence electrons. The lowest BCUT2D eigenvalue weighted by atomic mass is 10.2. The summed E-state index contributed by atoms with van der Waals surface area (Å²) in [4.78, 5) is 32.0. The Morgan fingerprint density at radius 2 is 2.31 bits per heavy atom. The Hall–Kier alpha value is -1.43. The van der Waals surface area contributed by atoms with E-state index in [0.717, 1.165) is 0 Å². The van der Waals surface area contributed by atoms with Crippen LogP contribution in [-0.2, 0) is 14.4 Å². The van der Waals surface area contributed by atoms with Crippen molar-refractivity contribution in [2.75, 3.05) is 6.54 Å². The van der Waals surface area contributed by atoms with Gasteiger partial charge in [-0.05, 0) is 0 Å². The summed E-state index contributed by atoms with van der Waals surface area (Å²) in [6.07, 6.45) is 0.301. The fourth-order valence-electron chi connectivity index (χ4n) is 1.09.